The number of nitrogens with zero attached hydrogens (tertiary/aromatic N) is 1. The number of ether oxygens (including phenoxy) is 3. The van der Waals surface area contributed by atoms with Crippen LogP contribution in [0.15, 0.2) is 18.2 Å². The van der Waals surface area contributed by atoms with Gasteiger partial charge >= 0.3 is 0 Å². The fourth-order valence-electron chi connectivity index (χ4n) is 3.96. The molecule has 2 atom stereocenters. The van der Waals surface area contributed by atoms with Crippen LogP contribution in [0.1, 0.15) is 37.3 Å². The van der Waals surface area contributed by atoms with Crippen molar-refractivity contribution in [2.75, 3.05) is 34.4 Å². The van der Waals surface area contributed by atoms with Crippen LogP contribution in [0.25, 0.3) is 0 Å². The largest absolute Gasteiger partial charge is 0.493 e. The van der Waals surface area contributed by atoms with Gasteiger partial charge in [-0.05, 0) is 36.5 Å². The number of carbonyl (C=O) groups is 2. The summed E-state index contributed by atoms with van der Waals surface area (Å²) < 4.78 is 16.3. The van der Waals surface area contributed by atoms with Crippen LogP contribution in [0.2, 0.25) is 0 Å². The Balaban J connectivity index is 1.80. The average Bonchev–Trinajstić information content (AvgIpc) is 3.19. The van der Waals surface area contributed by atoms with E-state index >= 15 is 0 Å². The van der Waals surface area contributed by atoms with Crippen LogP contribution in [-0.2, 0) is 14.3 Å². The van der Waals surface area contributed by atoms with Crippen LogP contribution < -0.4 is 14.8 Å². The van der Waals surface area contributed by atoms with E-state index in [2.05, 4.69) is 5.32 Å². The molecule has 0 spiro atoms. The summed E-state index contributed by atoms with van der Waals surface area (Å²) in [4.78, 5) is 26.7. The maximum absolute atomic E-state index is 13.0. The first kappa shape index (κ1) is 19.5. The molecule has 0 unspecified atom stereocenters. The Morgan fingerprint density at radius 1 is 1.22 bits per heavy atom. The summed E-state index contributed by atoms with van der Waals surface area (Å²) >= 11 is 0. The van der Waals surface area contributed by atoms with Gasteiger partial charge in [-0.25, -0.2) is 0 Å². The van der Waals surface area contributed by atoms with Crippen LogP contribution in [0.3, 0.4) is 0 Å². The average molecular weight is 376 g/mol. The molecule has 0 radical (unpaired) electrons. The summed E-state index contributed by atoms with van der Waals surface area (Å²) in [5, 5.41) is 2.89. The third kappa shape index (κ3) is 4.35. The fourth-order valence-corrected chi connectivity index (χ4v) is 3.96. The highest BCUT2D eigenvalue weighted by atomic mass is 16.5. The first-order chi connectivity index (χ1) is 13.0. The molecule has 1 saturated carbocycles. The lowest BCUT2D eigenvalue weighted by Crippen LogP contribution is -2.53. The van der Waals surface area contributed by atoms with Crippen LogP contribution in [0, 0.1) is 5.92 Å². The van der Waals surface area contributed by atoms with Crippen molar-refractivity contribution >= 4 is 11.8 Å². The summed E-state index contributed by atoms with van der Waals surface area (Å²) in [6, 6.07) is 4.79. The highest BCUT2D eigenvalue weighted by Gasteiger charge is 2.38. The minimum absolute atomic E-state index is 0.110. The lowest BCUT2D eigenvalue weighted by atomic mass is 9.97. The van der Waals surface area contributed by atoms with Crippen LogP contribution in [0.5, 0.6) is 11.5 Å². The Morgan fingerprint density at radius 3 is 2.59 bits per heavy atom. The highest BCUT2D eigenvalue weighted by molar-refractivity contribution is 5.86. The second-order valence-electron chi connectivity index (χ2n) is 7.26. The quantitative estimate of drug-likeness (QED) is 0.821. The molecule has 1 aliphatic carbocycles. The minimum Gasteiger partial charge on any atom is -0.493 e. The second kappa shape index (κ2) is 8.61. The van der Waals surface area contributed by atoms with Crippen molar-refractivity contribution in [2.45, 2.75) is 37.8 Å². The molecule has 1 aliphatic heterocycles. The summed E-state index contributed by atoms with van der Waals surface area (Å²) in [5.74, 6) is 1.33. The number of hydrogen-bond acceptors (Lipinski definition) is 5. The van der Waals surface area contributed by atoms with Crippen molar-refractivity contribution < 1.29 is 23.8 Å². The van der Waals surface area contributed by atoms with Gasteiger partial charge in [-0.15, -0.1) is 0 Å². The van der Waals surface area contributed by atoms with Crippen molar-refractivity contribution in [3.05, 3.63) is 23.8 Å². The molecule has 27 heavy (non-hydrogen) atoms. The molecule has 1 aromatic carbocycles. The number of methoxy groups -OCH3 is 2. The Kier molecular flexibility index (Phi) is 6.21. The zero-order valence-electron chi connectivity index (χ0n) is 16.2. The van der Waals surface area contributed by atoms with Gasteiger partial charge in [0.05, 0.1) is 20.3 Å². The molecule has 7 heteroatoms. The van der Waals surface area contributed by atoms with Crippen molar-refractivity contribution in [3.8, 4) is 11.5 Å². The minimum atomic E-state index is -0.757. The van der Waals surface area contributed by atoms with E-state index in [4.69, 9.17) is 14.2 Å². The number of amides is 2. The molecule has 1 N–H and O–H groups in total. The number of rotatable bonds is 6. The molecule has 1 aromatic rings. The van der Waals surface area contributed by atoms with E-state index in [1.165, 1.54) is 25.7 Å². The third-order valence-corrected chi connectivity index (χ3v) is 5.41. The Labute approximate surface area is 160 Å². The second-order valence-corrected chi connectivity index (χ2v) is 7.26. The van der Waals surface area contributed by atoms with Gasteiger partial charge in [-0.2, -0.15) is 0 Å². The van der Waals surface area contributed by atoms with Gasteiger partial charge in [-0.1, -0.05) is 18.9 Å². The molecule has 148 valence electrons. The van der Waals surface area contributed by atoms with Crippen molar-refractivity contribution in [1.29, 1.82) is 0 Å². The molecule has 2 amide bonds. The number of hydrogen-bond donors (Lipinski definition) is 1. The van der Waals surface area contributed by atoms with Crippen molar-refractivity contribution in [3.63, 3.8) is 0 Å². The van der Waals surface area contributed by atoms with Crippen LogP contribution in [-0.4, -0.2) is 57.2 Å². The lowest BCUT2D eigenvalue weighted by Gasteiger charge is -2.35. The van der Waals surface area contributed by atoms with Crippen molar-refractivity contribution in [2.24, 2.45) is 5.92 Å². The first-order valence-corrected chi connectivity index (χ1v) is 9.41. The van der Waals surface area contributed by atoms with Gasteiger partial charge in [0, 0.05) is 13.6 Å². The topological polar surface area (TPSA) is 77.1 Å². The molecule has 3 rings (SSSR count). The van der Waals surface area contributed by atoms with E-state index in [1.807, 2.05) is 13.1 Å². The molecule has 2 aliphatic rings. The summed E-state index contributed by atoms with van der Waals surface area (Å²) in [5.41, 5.74) is 0.744. The smallest absolute Gasteiger partial charge is 0.253 e. The van der Waals surface area contributed by atoms with E-state index in [9.17, 15) is 9.59 Å². The Bertz CT molecular complexity index is 687. The Hall–Kier alpha value is -2.28. The molecule has 2 fully saturated rings. The molecule has 0 bridgehead atoms. The summed E-state index contributed by atoms with van der Waals surface area (Å²) in [6.45, 7) is 0.614. The number of benzene rings is 1. The molecule has 1 heterocycles. The molecular weight excluding hydrogens is 348 g/mol. The van der Waals surface area contributed by atoms with Gasteiger partial charge in [0.25, 0.3) is 5.91 Å². The van der Waals surface area contributed by atoms with Crippen LogP contribution in [0.4, 0.5) is 0 Å². The highest BCUT2D eigenvalue weighted by Crippen LogP contribution is 2.33. The Morgan fingerprint density at radius 2 is 1.93 bits per heavy atom. The van der Waals surface area contributed by atoms with E-state index in [-0.39, 0.29) is 18.4 Å². The monoisotopic (exact) mass is 376 g/mol. The number of likely N-dealkylation sites (N-methyl/N-ethyl adjacent to an activating group) is 1. The van der Waals surface area contributed by atoms with E-state index in [0.717, 1.165) is 12.1 Å². The zero-order valence-corrected chi connectivity index (χ0v) is 16.2. The predicted octanol–water partition coefficient (Wildman–Crippen LogP) is 1.91. The SMILES string of the molecule is COc1ccc([C@H]2NC(=O)CO[C@@H]2C(=O)N(C)CC2CCCC2)cc1OC. The van der Waals surface area contributed by atoms with Gasteiger partial charge in [0.2, 0.25) is 5.91 Å². The van der Waals surface area contributed by atoms with E-state index in [1.54, 1.807) is 31.3 Å². The van der Waals surface area contributed by atoms with E-state index < -0.39 is 12.1 Å². The maximum atomic E-state index is 13.0. The zero-order chi connectivity index (χ0) is 19.4. The van der Waals surface area contributed by atoms with Gasteiger partial charge < -0.3 is 24.4 Å². The lowest BCUT2D eigenvalue weighted by molar-refractivity contribution is -0.154. The fraction of sp³-hybridized carbons (Fsp3) is 0.600. The van der Waals surface area contributed by atoms with E-state index in [0.29, 0.717) is 17.4 Å². The van der Waals surface area contributed by atoms with Gasteiger partial charge in [-0.3, -0.25) is 9.59 Å². The summed E-state index contributed by atoms with van der Waals surface area (Å²) in [6.07, 6.45) is 4.04. The van der Waals surface area contributed by atoms with Gasteiger partial charge in [0.15, 0.2) is 17.6 Å². The maximum Gasteiger partial charge on any atom is 0.253 e. The van der Waals surface area contributed by atoms with Crippen molar-refractivity contribution in [1.82, 2.24) is 10.2 Å². The number of nitrogens with one attached hydrogen (secondary N) is 1. The van der Waals surface area contributed by atoms with Crippen LogP contribution >= 0.6 is 0 Å². The molecule has 7 nitrogen and oxygen atoms in total. The third-order valence-electron chi connectivity index (χ3n) is 5.41. The molecule has 1 saturated heterocycles. The number of morpholine rings is 1. The molecule has 0 aromatic heterocycles. The normalized spacial score (nSPS) is 23.0. The predicted molar refractivity (Wildman–Crippen MR) is 99.8 cm³/mol. The first-order valence-electron chi connectivity index (χ1n) is 9.41. The molecular formula is C20H28N2O5. The van der Waals surface area contributed by atoms with Gasteiger partial charge in [0.1, 0.15) is 6.61 Å². The number of carbonyl (C=O) groups excluding carboxylic acids is 2. The summed E-state index contributed by atoms with van der Waals surface area (Å²) in [7, 11) is 4.93. The standard InChI is InChI=1S/C20H28N2O5/c1-22(11-13-6-4-5-7-13)20(24)19-18(21-17(23)12-27-19)14-8-9-15(25-2)16(10-14)26-3/h8-10,13,18-19H,4-7,11-12H2,1-3H3,(H,21,23)/t18-,19+/m1/s1.